The summed E-state index contributed by atoms with van der Waals surface area (Å²) in [6.45, 7) is 0.634. The topological polar surface area (TPSA) is 9.23 Å². The van der Waals surface area contributed by atoms with Crippen molar-refractivity contribution in [1.29, 1.82) is 0 Å². The van der Waals surface area contributed by atoms with Gasteiger partial charge in [-0.25, -0.2) is 0 Å². The molecule has 0 bridgehead atoms. The molecule has 85 valence electrons. The minimum Gasteiger partial charge on any atom is -0.489 e. The van der Waals surface area contributed by atoms with Crippen LogP contribution in [-0.4, -0.2) is 0 Å². The summed E-state index contributed by atoms with van der Waals surface area (Å²) in [5.74, 6) is 1.68. The summed E-state index contributed by atoms with van der Waals surface area (Å²) in [5.41, 5.74) is 2.50. The second-order valence-electron chi connectivity index (χ2n) is 4.53. The third-order valence-electron chi connectivity index (χ3n) is 3.06. The van der Waals surface area contributed by atoms with Crippen molar-refractivity contribution in [3.8, 4) is 5.75 Å². The molecule has 1 heteroatoms. The fourth-order valence-electron chi connectivity index (χ4n) is 1.92. The van der Waals surface area contributed by atoms with Crippen molar-refractivity contribution >= 4 is 0 Å². The molecule has 0 amide bonds. The van der Waals surface area contributed by atoms with E-state index in [-0.39, 0.29) is 0 Å². The SMILES string of the molecule is [c]1ccc(OCc2ccccc2)cc1C1CC1. The highest BCUT2D eigenvalue weighted by molar-refractivity contribution is 5.32. The highest BCUT2D eigenvalue weighted by Gasteiger charge is 2.23. The van der Waals surface area contributed by atoms with E-state index in [1.165, 1.54) is 24.0 Å². The highest BCUT2D eigenvalue weighted by Crippen LogP contribution is 2.40. The van der Waals surface area contributed by atoms with E-state index in [1.807, 2.05) is 30.3 Å². The van der Waals surface area contributed by atoms with E-state index in [0.29, 0.717) is 6.61 Å². The maximum atomic E-state index is 5.79. The quantitative estimate of drug-likeness (QED) is 0.762. The maximum Gasteiger partial charge on any atom is 0.120 e. The molecule has 0 N–H and O–H groups in total. The predicted molar refractivity (Wildman–Crippen MR) is 68.0 cm³/mol. The molecule has 1 aliphatic carbocycles. The van der Waals surface area contributed by atoms with Gasteiger partial charge in [0.25, 0.3) is 0 Å². The van der Waals surface area contributed by atoms with Crippen LogP contribution in [0.25, 0.3) is 0 Å². The lowest BCUT2D eigenvalue weighted by Crippen LogP contribution is -1.95. The zero-order chi connectivity index (χ0) is 11.5. The minimum atomic E-state index is 0.634. The molecule has 1 fully saturated rings. The van der Waals surface area contributed by atoms with Crippen LogP contribution in [0.4, 0.5) is 0 Å². The fourth-order valence-corrected chi connectivity index (χ4v) is 1.92. The van der Waals surface area contributed by atoms with Crippen molar-refractivity contribution in [3.05, 3.63) is 65.7 Å². The molecular formula is C16H15O. The molecule has 0 atom stereocenters. The third kappa shape index (κ3) is 2.68. The standard InChI is InChI=1S/C16H15O/c1-2-5-13(6-3-1)12-17-16-8-4-7-15(11-16)14-9-10-14/h1-6,8,11,14H,9-10,12H2. The molecule has 1 nitrogen and oxygen atoms in total. The van der Waals surface area contributed by atoms with Crippen LogP contribution in [0.5, 0.6) is 5.75 Å². The molecule has 0 aliphatic heterocycles. The van der Waals surface area contributed by atoms with Crippen LogP contribution in [0, 0.1) is 6.07 Å². The number of rotatable bonds is 4. The van der Waals surface area contributed by atoms with Gasteiger partial charge in [-0.3, -0.25) is 0 Å². The van der Waals surface area contributed by atoms with Crippen molar-refractivity contribution in [2.45, 2.75) is 25.4 Å². The average Bonchev–Trinajstić information content (AvgIpc) is 3.22. The van der Waals surface area contributed by atoms with E-state index in [0.717, 1.165) is 11.7 Å². The summed E-state index contributed by atoms with van der Waals surface area (Å²) in [6, 6.07) is 19.6. The van der Waals surface area contributed by atoms with Crippen molar-refractivity contribution in [2.24, 2.45) is 0 Å². The van der Waals surface area contributed by atoms with Crippen LogP contribution in [-0.2, 0) is 6.61 Å². The van der Waals surface area contributed by atoms with Crippen LogP contribution in [0.2, 0.25) is 0 Å². The Morgan fingerprint density at radius 3 is 2.71 bits per heavy atom. The largest absolute Gasteiger partial charge is 0.489 e. The molecule has 0 spiro atoms. The lowest BCUT2D eigenvalue weighted by Gasteiger charge is -2.07. The van der Waals surface area contributed by atoms with Crippen LogP contribution >= 0.6 is 0 Å². The van der Waals surface area contributed by atoms with Crippen molar-refractivity contribution in [1.82, 2.24) is 0 Å². The Hall–Kier alpha value is -1.76. The van der Waals surface area contributed by atoms with Crippen molar-refractivity contribution in [3.63, 3.8) is 0 Å². The molecule has 0 heterocycles. The Morgan fingerprint density at radius 1 is 1.12 bits per heavy atom. The molecule has 0 saturated heterocycles. The minimum absolute atomic E-state index is 0.634. The van der Waals surface area contributed by atoms with Gasteiger partial charge in [-0.15, -0.1) is 0 Å². The summed E-state index contributed by atoms with van der Waals surface area (Å²) >= 11 is 0. The smallest absolute Gasteiger partial charge is 0.120 e. The van der Waals surface area contributed by atoms with Gasteiger partial charge in [0.15, 0.2) is 0 Å². The molecule has 3 rings (SSSR count). The number of ether oxygens (including phenoxy) is 1. The van der Waals surface area contributed by atoms with E-state index < -0.39 is 0 Å². The second kappa shape index (κ2) is 4.62. The van der Waals surface area contributed by atoms with Gasteiger partial charge in [0, 0.05) is 0 Å². The first kappa shape index (κ1) is 10.4. The summed E-state index contributed by atoms with van der Waals surface area (Å²) in [6.07, 6.45) is 2.61. The zero-order valence-electron chi connectivity index (χ0n) is 9.73. The second-order valence-corrected chi connectivity index (χ2v) is 4.53. The van der Waals surface area contributed by atoms with Gasteiger partial charge in [0.1, 0.15) is 12.4 Å². The predicted octanol–water partition coefficient (Wildman–Crippen LogP) is 3.94. The third-order valence-corrected chi connectivity index (χ3v) is 3.06. The molecule has 1 radical (unpaired) electrons. The summed E-state index contributed by atoms with van der Waals surface area (Å²) in [7, 11) is 0. The van der Waals surface area contributed by atoms with Crippen LogP contribution in [0.15, 0.2) is 48.5 Å². The Bertz CT molecular complexity index is 486. The first-order chi connectivity index (χ1) is 8.42. The molecule has 2 aromatic rings. The monoisotopic (exact) mass is 223 g/mol. The molecular weight excluding hydrogens is 208 g/mol. The Morgan fingerprint density at radius 2 is 1.94 bits per heavy atom. The fraction of sp³-hybridized carbons (Fsp3) is 0.250. The molecule has 1 aliphatic rings. The number of benzene rings is 2. The van der Waals surface area contributed by atoms with Gasteiger partial charge >= 0.3 is 0 Å². The number of hydrogen-bond donors (Lipinski definition) is 0. The molecule has 2 aromatic carbocycles. The van der Waals surface area contributed by atoms with Crippen LogP contribution in [0.3, 0.4) is 0 Å². The maximum absolute atomic E-state index is 5.79. The lowest BCUT2D eigenvalue weighted by atomic mass is 10.1. The first-order valence-corrected chi connectivity index (χ1v) is 6.10. The normalized spacial score (nSPS) is 14.6. The molecule has 0 unspecified atom stereocenters. The van der Waals surface area contributed by atoms with E-state index >= 15 is 0 Å². The van der Waals surface area contributed by atoms with Crippen LogP contribution in [0.1, 0.15) is 29.9 Å². The summed E-state index contributed by atoms with van der Waals surface area (Å²) < 4.78 is 5.79. The van der Waals surface area contributed by atoms with Gasteiger partial charge in [0.2, 0.25) is 0 Å². The molecule has 0 aromatic heterocycles. The Kier molecular flexibility index (Phi) is 2.83. The Balaban J connectivity index is 1.66. The van der Waals surface area contributed by atoms with E-state index in [2.05, 4.69) is 24.3 Å². The van der Waals surface area contributed by atoms with Gasteiger partial charge in [0.05, 0.1) is 0 Å². The highest BCUT2D eigenvalue weighted by atomic mass is 16.5. The Labute approximate surface area is 102 Å². The average molecular weight is 223 g/mol. The van der Waals surface area contributed by atoms with Gasteiger partial charge < -0.3 is 4.74 Å². The lowest BCUT2D eigenvalue weighted by molar-refractivity contribution is 0.306. The van der Waals surface area contributed by atoms with E-state index in [9.17, 15) is 0 Å². The van der Waals surface area contributed by atoms with Crippen molar-refractivity contribution < 1.29 is 4.74 Å². The zero-order valence-corrected chi connectivity index (χ0v) is 9.73. The van der Waals surface area contributed by atoms with Crippen molar-refractivity contribution in [2.75, 3.05) is 0 Å². The molecule has 1 saturated carbocycles. The number of hydrogen-bond acceptors (Lipinski definition) is 1. The van der Waals surface area contributed by atoms with E-state index in [1.54, 1.807) is 0 Å². The van der Waals surface area contributed by atoms with Gasteiger partial charge in [-0.05, 0) is 48.1 Å². The van der Waals surface area contributed by atoms with Crippen LogP contribution < -0.4 is 4.74 Å². The first-order valence-electron chi connectivity index (χ1n) is 6.10. The van der Waals surface area contributed by atoms with E-state index in [4.69, 9.17) is 4.74 Å². The summed E-state index contributed by atoms with van der Waals surface area (Å²) in [5, 5.41) is 0. The molecule has 17 heavy (non-hydrogen) atoms. The van der Waals surface area contributed by atoms with Gasteiger partial charge in [-0.2, -0.15) is 0 Å². The van der Waals surface area contributed by atoms with Gasteiger partial charge in [-0.1, -0.05) is 36.4 Å². The summed E-state index contributed by atoms with van der Waals surface area (Å²) in [4.78, 5) is 0.